The Kier molecular flexibility index (Phi) is 2.74. The molecular formula is C12H19NO2. The Morgan fingerprint density at radius 1 is 1.60 bits per heavy atom. The molecule has 2 rings (SSSR count). The molecule has 2 fully saturated rings. The normalized spacial score (nSPS) is 35.5. The second-order valence-corrected chi connectivity index (χ2v) is 5.27. The minimum atomic E-state index is -0.886. The Hall–Kier alpha value is -0.590. The lowest BCUT2D eigenvalue weighted by Crippen LogP contribution is -2.47. The van der Waals surface area contributed by atoms with Gasteiger partial charge in [-0.25, -0.2) is 0 Å². The van der Waals surface area contributed by atoms with Crippen LogP contribution in [0.1, 0.15) is 39.0 Å². The molecule has 0 aromatic heterocycles. The number of rotatable bonds is 3. The van der Waals surface area contributed by atoms with Crippen LogP contribution in [-0.2, 0) is 4.74 Å². The summed E-state index contributed by atoms with van der Waals surface area (Å²) in [6.45, 7) is 2.81. The first-order chi connectivity index (χ1) is 7.10. The number of hydrogen-bond acceptors (Lipinski definition) is 3. The Balaban J connectivity index is 2.07. The molecule has 1 heterocycles. The molecule has 15 heavy (non-hydrogen) atoms. The second kappa shape index (κ2) is 3.77. The molecule has 1 saturated heterocycles. The van der Waals surface area contributed by atoms with Gasteiger partial charge in [-0.15, -0.1) is 0 Å². The van der Waals surface area contributed by atoms with Crippen LogP contribution in [0.15, 0.2) is 0 Å². The van der Waals surface area contributed by atoms with Crippen molar-refractivity contribution in [3.63, 3.8) is 0 Å². The van der Waals surface area contributed by atoms with Gasteiger partial charge in [0.1, 0.15) is 5.41 Å². The van der Waals surface area contributed by atoms with Crippen molar-refractivity contribution in [3.05, 3.63) is 0 Å². The minimum absolute atomic E-state index is 0.392. The van der Waals surface area contributed by atoms with Gasteiger partial charge in [0.2, 0.25) is 0 Å². The second-order valence-electron chi connectivity index (χ2n) is 5.27. The zero-order chi connectivity index (χ0) is 10.9. The van der Waals surface area contributed by atoms with E-state index in [2.05, 4.69) is 6.07 Å². The maximum atomic E-state index is 10.5. The fraction of sp³-hybridized carbons (Fsp3) is 0.917. The Bertz CT molecular complexity index is 270. The van der Waals surface area contributed by atoms with Crippen LogP contribution in [0.4, 0.5) is 0 Å². The van der Waals surface area contributed by atoms with Gasteiger partial charge in [0.15, 0.2) is 0 Å². The van der Waals surface area contributed by atoms with Crippen LogP contribution in [0.25, 0.3) is 0 Å². The first kappa shape index (κ1) is 10.9. The summed E-state index contributed by atoms with van der Waals surface area (Å²) in [5.74, 6) is 0.617. The van der Waals surface area contributed by atoms with Crippen molar-refractivity contribution in [3.8, 4) is 6.07 Å². The fourth-order valence-electron chi connectivity index (χ4n) is 2.65. The Labute approximate surface area is 91.0 Å². The van der Waals surface area contributed by atoms with E-state index in [1.165, 1.54) is 19.3 Å². The van der Waals surface area contributed by atoms with Gasteiger partial charge in [-0.1, -0.05) is 19.3 Å². The van der Waals surface area contributed by atoms with Crippen molar-refractivity contribution in [1.82, 2.24) is 0 Å². The molecule has 0 aromatic rings. The summed E-state index contributed by atoms with van der Waals surface area (Å²) in [4.78, 5) is 0. The molecule has 1 N–H and O–H groups in total. The van der Waals surface area contributed by atoms with E-state index in [-0.39, 0.29) is 0 Å². The smallest absolute Gasteiger partial charge is 0.111 e. The van der Waals surface area contributed by atoms with Gasteiger partial charge < -0.3 is 9.84 Å². The minimum Gasteiger partial charge on any atom is -0.388 e. The third-order valence-corrected chi connectivity index (χ3v) is 4.18. The third kappa shape index (κ3) is 1.77. The van der Waals surface area contributed by atoms with Gasteiger partial charge in [0, 0.05) is 6.61 Å². The Morgan fingerprint density at radius 2 is 2.33 bits per heavy atom. The molecule has 84 valence electrons. The van der Waals surface area contributed by atoms with Crippen LogP contribution in [-0.4, -0.2) is 23.9 Å². The maximum absolute atomic E-state index is 10.5. The Morgan fingerprint density at radius 3 is 2.73 bits per heavy atom. The van der Waals surface area contributed by atoms with E-state index >= 15 is 0 Å². The molecule has 2 unspecified atom stereocenters. The van der Waals surface area contributed by atoms with Gasteiger partial charge >= 0.3 is 0 Å². The highest BCUT2D eigenvalue weighted by atomic mass is 16.5. The molecule has 0 spiro atoms. The molecule has 0 bridgehead atoms. The van der Waals surface area contributed by atoms with Crippen LogP contribution in [0.2, 0.25) is 0 Å². The van der Waals surface area contributed by atoms with Crippen molar-refractivity contribution in [2.75, 3.05) is 13.2 Å². The van der Waals surface area contributed by atoms with Crippen molar-refractivity contribution in [2.24, 2.45) is 11.3 Å². The summed E-state index contributed by atoms with van der Waals surface area (Å²) >= 11 is 0. The number of nitriles is 1. The third-order valence-electron chi connectivity index (χ3n) is 4.18. The first-order valence-electron chi connectivity index (χ1n) is 5.81. The lowest BCUT2D eigenvalue weighted by Gasteiger charge is -2.41. The molecule has 1 saturated carbocycles. The monoisotopic (exact) mass is 209 g/mol. The quantitative estimate of drug-likeness (QED) is 0.771. The van der Waals surface area contributed by atoms with E-state index in [1.54, 1.807) is 0 Å². The average molecular weight is 209 g/mol. The van der Waals surface area contributed by atoms with Crippen molar-refractivity contribution >= 4 is 0 Å². The van der Waals surface area contributed by atoms with E-state index in [1.807, 2.05) is 6.92 Å². The number of aliphatic hydroxyl groups is 1. The molecule has 0 amide bonds. The molecule has 3 nitrogen and oxygen atoms in total. The summed E-state index contributed by atoms with van der Waals surface area (Å²) in [5.41, 5.74) is -1.55. The van der Waals surface area contributed by atoms with E-state index < -0.39 is 11.0 Å². The molecule has 0 aromatic carbocycles. The summed E-state index contributed by atoms with van der Waals surface area (Å²) in [5, 5.41) is 19.8. The highest BCUT2D eigenvalue weighted by molar-refractivity contribution is 5.12. The first-order valence-corrected chi connectivity index (χ1v) is 5.81. The predicted octanol–water partition coefficient (Wildman–Crippen LogP) is 1.86. The zero-order valence-electron chi connectivity index (χ0n) is 9.33. The van der Waals surface area contributed by atoms with Crippen molar-refractivity contribution in [2.45, 2.75) is 44.6 Å². The predicted molar refractivity (Wildman–Crippen MR) is 56.1 cm³/mol. The van der Waals surface area contributed by atoms with Gasteiger partial charge in [-0.05, 0) is 25.7 Å². The largest absolute Gasteiger partial charge is 0.388 e. The SMILES string of the molecule is CC(O)(CC1CCC1)C1(C#N)CCOC1. The molecule has 0 radical (unpaired) electrons. The molecule has 2 aliphatic rings. The number of nitrogens with zero attached hydrogens (tertiary/aromatic N) is 1. The van der Waals surface area contributed by atoms with Gasteiger partial charge in [-0.3, -0.25) is 0 Å². The van der Waals surface area contributed by atoms with Crippen LogP contribution in [0, 0.1) is 22.7 Å². The summed E-state index contributed by atoms with van der Waals surface area (Å²) in [6.07, 6.45) is 5.11. The van der Waals surface area contributed by atoms with Gasteiger partial charge in [0.25, 0.3) is 0 Å². The lowest BCUT2D eigenvalue weighted by atomic mass is 9.66. The molecule has 2 atom stereocenters. The molecule has 3 heteroatoms. The topological polar surface area (TPSA) is 53.2 Å². The summed E-state index contributed by atoms with van der Waals surface area (Å²) < 4.78 is 5.29. The van der Waals surface area contributed by atoms with Crippen LogP contribution >= 0.6 is 0 Å². The molecule has 1 aliphatic heterocycles. The lowest BCUT2D eigenvalue weighted by molar-refractivity contribution is -0.0672. The standard InChI is InChI=1S/C12H19NO2/c1-11(14,7-10-3-2-4-10)12(8-13)5-6-15-9-12/h10,14H,2-7,9H2,1H3. The highest BCUT2D eigenvalue weighted by Crippen LogP contribution is 2.45. The summed E-state index contributed by atoms with van der Waals surface area (Å²) in [7, 11) is 0. The van der Waals surface area contributed by atoms with Gasteiger partial charge in [-0.2, -0.15) is 5.26 Å². The number of ether oxygens (including phenoxy) is 1. The molecule has 1 aliphatic carbocycles. The molecular weight excluding hydrogens is 190 g/mol. The van der Waals surface area contributed by atoms with Crippen LogP contribution in [0.5, 0.6) is 0 Å². The average Bonchev–Trinajstić information content (AvgIpc) is 2.61. The number of hydrogen-bond donors (Lipinski definition) is 1. The van der Waals surface area contributed by atoms with E-state index in [0.29, 0.717) is 25.6 Å². The van der Waals surface area contributed by atoms with Crippen molar-refractivity contribution < 1.29 is 9.84 Å². The van der Waals surface area contributed by atoms with E-state index in [0.717, 1.165) is 6.42 Å². The van der Waals surface area contributed by atoms with Gasteiger partial charge in [0.05, 0.1) is 18.3 Å². The van der Waals surface area contributed by atoms with E-state index in [4.69, 9.17) is 4.74 Å². The van der Waals surface area contributed by atoms with Crippen molar-refractivity contribution in [1.29, 1.82) is 5.26 Å². The van der Waals surface area contributed by atoms with E-state index in [9.17, 15) is 10.4 Å². The fourth-order valence-corrected chi connectivity index (χ4v) is 2.65. The highest BCUT2D eigenvalue weighted by Gasteiger charge is 2.51. The van der Waals surface area contributed by atoms with Crippen LogP contribution < -0.4 is 0 Å². The van der Waals surface area contributed by atoms with Crippen LogP contribution in [0.3, 0.4) is 0 Å². The summed E-state index contributed by atoms with van der Waals surface area (Å²) in [6, 6.07) is 2.30. The zero-order valence-corrected chi connectivity index (χ0v) is 9.33. The maximum Gasteiger partial charge on any atom is 0.111 e.